The van der Waals surface area contributed by atoms with E-state index in [-0.39, 0.29) is 24.4 Å². The molecule has 0 aliphatic heterocycles. The molecule has 0 aromatic heterocycles. The minimum Gasteiger partial charge on any atom is -0.465 e. The van der Waals surface area contributed by atoms with E-state index in [0.29, 0.717) is 18.0 Å². The van der Waals surface area contributed by atoms with Gasteiger partial charge in [0.15, 0.2) is 6.61 Å². The van der Waals surface area contributed by atoms with Crippen LogP contribution in [0.4, 0.5) is 0 Å². The molecule has 1 aromatic rings. The summed E-state index contributed by atoms with van der Waals surface area (Å²) in [6.07, 6.45) is 0.840. The second-order valence-corrected chi connectivity index (χ2v) is 5.39. The molecule has 1 fully saturated rings. The predicted octanol–water partition coefficient (Wildman–Crippen LogP) is 1.29. The second kappa shape index (κ2) is 7.06. The number of ether oxygens (including phenoxy) is 2. The first-order valence-corrected chi connectivity index (χ1v) is 7.12. The monoisotopic (exact) mass is 305 g/mol. The van der Waals surface area contributed by atoms with Gasteiger partial charge in [-0.2, -0.15) is 0 Å². The van der Waals surface area contributed by atoms with Crippen LogP contribution in [0.2, 0.25) is 0 Å². The van der Waals surface area contributed by atoms with Gasteiger partial charge >= 0.3 is 11.9 Å². The van der Waals surface area contributed by atoms with Gasteiger partial charge in [-0.25, -0.2) is 4.79 Å². The van der Waals surface area contributed by atoms with E-state index in [1.54, 1.807) is 24.3 Å². The van der Waals surface area contributed by atoms with E-state index in [4.69, 9.17) is 4.74 Å². The Labute approximate surface area is 128 Å². The van der Waals surface area contributed by atoms with Crippen LogP contribution in [-0.4, -0.2) is 31.6 Å². The van der Waals surface area contributed by atoms with Gasteiger partial charge in [-0.05, 0) is 30.0 Å². The third kappa shape index (κ3) is 4.31. The highest BCUT2D eigenvalue weighted by Gasteiger charge is 2.40. The first kappa shape index (κ1) is 16.0. The zero-order valence-electron chi connectivity index (χ0n) is 12.6. The lowest BCUT2D eigenvalue weighted by Gasteiger charge is -2.07. The number of carbonyl (C=O) groups excluding carboxylic acids is 3. The summed E-state index contributed by atoms with van der Waals surface area (Å²) >= 11 is 0. The Morgan fingerprint density at radius 1 is 1.23 bits per heavy atom. The maximum atomic E-state index is 11.6. The number of rotatable bonds is 6. The summed E-state index contributed by atoms with van der Waals surface area (Å²) < 4.78 is 9.54. The number of nitrogens with one attached hydrogen (secondary N) is 1. The first-order chi connectivity index (χ1) is 10.5. The first-order valence-electron chi connectivity index (χ1n) is 7.12. The van der Waals surface area contributed by atoms with Crippen LogP contribution in [-0.2, 0) is 25.6 Å². The Morgan fingerprint density at radius 3 is 2.41 bits per heavy atom. The predicted molar refractivity (Wildman–Crippen MR) is 77.9 cm³/mol. The molecule has 2 rings (SSSR count). The number of hydrogen-bond acceptors (Lipinski definition) is 5. The van der Waals surface area contributed by atoms with Crippen molar-refractivity contribution < 1.29 is 23.9 Å². The Balaban J connectivity index is 1.71. The third-order valence-corrected chi connectivity index (χ3v) is 3.62. The summed E-state index contributed by atoms with van der Waals surface area (Å²) in [6, 6.07) is 6.71. The van der Waals surface area contributed by atoms with Gasteiger partial charge in [0.2, 0.25) is 0 Å². The molecule has 0 heterocycles. The van der Waals surface area contributed by atoms with Crippen molar-refractivity contribution in [1.82, 2.24) is 5.32 Å². The maximum absolute atomic E-state index is 11.6. The number of carbonyl (C=O) groups is 3. The second-order valence-electron chi connectivity index (χ2n) is 5.39. The summed E-state index contributed by atoms with van der Waals surface area (Å²) in [7, 11) is 1.32. The SMILES string of the molecule is COC(=O)c1ccc(CNC(=O)COC(=O)[C@H]2C[C@@H]2C)cc1. The molecule has 1 aromatic carbocycles. The van der Waals surface area contributed by atoms with Crippen molar-refractivity contribution in [3.8, 4) is 0 Å². The number of benzene rings is 1. The van der Waals surface area contributed by atoms with Gasteiger partial charge in [-0.1, -0.05) is 19.1 Å². The molecule has 1 saturated carbocycles. The molecule has 6 nitrogen and oxygen atoms in total. The van der Waals surface area contributed by atoms with Crippen LogP contribution in [0, 0.1) is 11.8 Å². The molecule has 1 amide bonds. The number of amides is 1. The molecule has 1 N–H and O–H groups in total. The van der Waals surface area contributed by atoms with E-state index in [1.807, 2.05) is 6.92 Å². The molecule has 0 unspecified atom stereocenters. The molecule has 22 heavy (non-hydrogen) atoms. The lowest BCUT2D eigenvalue weighted by Crippen LogP contribution is -2.28. The lowest BCUT2D eigenvalue weighted by atomic mass is 10.1. The molecule has 0 radical (unpaired) electrons. The molecule has 0 bridgehead atoms. The van der Waals surface area contributed by atoms with Crippen LogP contribution in [0.5, 0.6) is 0 Å². The molecule has 0 spiro atoms. The van der Waals surface area contributed by atoms with Crippen molar-refractivity contribution in [3.05, 3.63) is 35.4 Å². The molecule has 118 valence electrons. The van der Waals surface area contributed by atoms with Crippen molar-refractivity contribution >= 4 is 17.8 Å². The van der Waals surface area contributed by atoms with E-state index in [2.05, 4.69) is 10.1 Å². The summed E-state index contributed by atoms with van der Waals surface area (Å²) in [6.45, 7) is 2.02. The van der Waals surface area contributed by atoms with Crippen LogP contribution in [0.15, 0.2) is 24.3 Å². The van der Waals surface area contributed by atoms with Crippen LogP contribution < -0.4 is 5.32 Å². The minimum atomic E-state index is -0.406. The standard InChI is InChI=1S/C16H19NO5/c1-10-7-13(10)16(20)22-9-14(18)17-8-11-3-5-12(6-4-11)15(19)21-2/h3-6,10,13H,7-9H2,1-2H3,(H,17,18)/t10-,13-/m0/s1. The molecule has 2 atom stereocenters. The summed E-state index contributed by atoms with van der Waals surface area (Å²) in [5.41, 5.74) is 1.29. The van der Waals surface area contributed by atoms with Gasteiger partial charge in [0.1, 0.15) is 0 Å². The van der Waals surface area contributed by atoms with E-state index in [0.717, 1.165) is 12.0 Å². The van der Waals surface area contributed by atoms with Crippen LogP contribution in [0.1, 0.15) is 29.3 Å². The summed E-state index contributed by atoms with van der Waals surface area (Å²) in [5.74, 6) is -0.733. The Kier molecular flexibility index (Phi) is 5.14. The normalized spacial score (nSPS) is 19.2. The largest absolute Gasteiger partial charge is 0.465 e. The van der Waals surface area contributed by atoms with E-state index < -0.39 is 5.97 Å². The number of methoxy groups -OCH3 is 1. The fourth-order valence-electron chi connectivity index (χ4n) is 2.02. The quantitative estimate of drug-likeness (QED) is 0.801. The van der Waals surface area contributed by atoms with E-state index >= 15 is 0 Å². The van der Waals surface area contributed by atoms with Gasteiger partial charge in [-0.15, -0.1) is 0 Å². The Bertz CT molecular complexity index is 566. The summed E-state index contributed by atoms with van der Waals surface area (Å²) in [4.78, 5) is 34.4. The van der Waals surface area contributed by atoms with Crippen molar-refractivity contribution in [2.75, 3.05) is 13.7 Å². The van der Waals surface area contributed by atoms with E-state index in [1.165, 1.54) is 7.11 Å². The minimum absolute atomic E-state index is 0.0429. The topological polar surface area (TPSA) is 81.7 Å². The van der Waals surface area contributed by atoms with Gasteiger partial charge in [-0.3, -0.25) is 9.59 Å². The van der Waals surface area contributed by atoms with Crippen LogP contribution in [0.25, 0.3) is 0 Å². The zero-order chi connectivity index (χ0) is 16.1. The van der Waals surface area contributed by atoms with Crippen molar-refractivity contribution in [2.24, 2.45) is 11.8 Å². The Morgan fingerprint density at radius 2 is 1.86 bits per heavy atom. The van der Waals surface area contributed by atoms with E-state index in [9.17, 15) is 14.4 Å². The highest BCUT2D eigenvalue weighted by Crippen LogP contribution is 2.38. The number of esters is 2. The van der Waals surface area contributed by atoms with Crippen molar-refractivity contribution in [1.29, 1.82) is 0 Å². The highest BCUT2D eigenvalue weighted by molar-refractivity contribution is 5.89. The molecule has 0 saturated heterocycles. The number of hydrogen-bond donors (Lipinski definition) is 1. The average molecular weight is 305 g/mol. The van der Waals surface area contributed by atoms with Crippen molar-refractivity contribution in [3.63, 3.8) is 0 Å². The van der Waals surface area contributed by atoms with Gasteiger partial charge in [0.05, 0.1) is 18.6 Å². The maximum Gasteiger partial charge on any atom is 0.337 e. The van der Waals surface area contributed by atoms with Gasteiger partial charge in [0, 0.05) is 6.54 Å². The van der Waals surface area contributed by atoms with Crippen LogP contribution >= 0.6 is 0 Å². The average Bonchev–Trinajstić information content (AvgIpc) is 3.27. The Hall–Kier alpha value is -2.37. The fraction of sp³-hybridized carbons (Fsp3) is 0.438. The lowest BCUT2D eigenvalue weighted by molar-refractivity contribution is -0.150. The van der Waals surface area contributed by atoms with Gasteiger partial charge < -0.3 is 14.8 Å². The van der Waals surface area contributed by atoms with Crippen LogP contribution in [0.3, 0.4) is 0 Å². The zero-order valence-corrected chi connectivity index (χ0v) is 12.6. The molecule has 6 heteroatoms. The molecular formula is C16H19NO5. The van der Waals surface area contributed by atoms with Crippen molar-refractivity contribution in [2.45, 2.75) is 19.9 Å². The van der Waals surface area contributed by atoms with Gasteiger partial charge in [0.25, 0.3) is 5.91 Å². The molecule has 1 aliphatic carbocycles. The molecular weight excluding hydrogens is 286 g/mol. The molecule has 1 aliphatic rings. The smallest absolute Gasteiger partial charge is 0.337 e. The highest BCUT2D eigenvalue weighted by atomic mass is 16.5. The third-order valence-electron chi connectivity index (χ3n) is 3.62. The summed E-state index contributed by atoms with van der Waals surface area (Å²) in [5, 5.41) is 2.66. The fourth-order valence-corrected chi connectivity index (χ4v) is 2.02.